The predicted octanol–water partition coefficient (Wildman–Crippen LogP) is 0.376. The number of methoxy groups -OCH3 is 1. The van der Waals surface area contributed by atoms with E-state index in [1.54, 1.807) is 0 Å². The molecule has 0 spiro atoms. The van der Waals surface area contributed by atoms with Crippen LogP contribution in [0.2, 0.25) is 0 Å². The van der Waals surface area contributed by atoms with Crippen LogP contribution < -0.4 is 5.73 Å². The van der Waals surface area contributed by atoms with Crippen molar-refractivity contribution in [2.75, 3.05) is 26.7 Å². The van der Waals surface area contributed by atoms with E-state index < -0.39 is 6.04 Å². The van der Waals surface area contributed by atoms with Crippen molar-refractivity contribution in [2.24, 2.45) is 5.73 Å². The third-order valence-corrected chi connectivity index (χ3v) is 2.72. The molecule has 0 amide bonds. The first kappa shape index (κ1) is 14.4. The van der Waals surface area contributed by atoms with Crippen molar-refractivity contribution in [3.63, 3.8) is 0 Å². The minimum atomic E-state index is -0.593. The highest BCUT2D eigenvalue weighted by atomic mass is 16.5. The number of rotatable bonds is 3. The highest BCUT2D eigenvalue weighted by Gasteiger charge is 2.38. The molecule has 0 bridgehead atoms. The summed E-state index contributed by atoms with van der Waals surface area (Å²) in [5.74, 6) is -0.368. The molecule has 1 saturated heterocycles. The van der Waals surface area contributed by atoms with Gasteiger partial charge in [0.25, 0.3) is 0 Å². The molecule has 0 radical (unpaired) electrons. The summed E-state index contributed by atoms with van der Waals surface area (Å²) in [5, 5.41) is 0. The zero-order chi connectivity index (χ0) is 13.3. The van der Waals surface area contributed by atoms with Gasteiger partial charge in [0.2, 0.25) is 0 Å². The Morgan fingerprint density at radius 1 is 1.35 bits per heavy atom. The molecule has 17 heavy (non-hydrogen) atoms. The average Bonchev–Trinajstić information content (AvgIpc) is 2.11. The zero-order valence-electron chi connectivity index (χ0n) is 11.4. The first-order valence-electron chi connectivity index (χ1n) is 5.91. The molecule has 1 heterocycles. The van der Waals surface area contributed by atoms with Gasteiger partial charge in [0, 0.05) is 19.6 Å². The monoisotopic (exact) mass is 244 g/mol. The van der Waals surface area contributed by atoms with E-state index in [1.807, 2.05) is 27.7 Å². The maximum absolute atomic E-state index is 11.3. The molecule has 0 aromatic heterocycles. The fourth-order valence-electron chi connectivity index (χ4n) is 2.58. The molecule has 1 aliphatic rings. The summed E-state index contributed by atoms with van der Waals surface area (Å²) in [6.45, 7) is 10.2. The summed E-state index contributed by atoms with van der Waals surface area (Å²) < 4.78 is 10.6. The summed E-state index contributed by atoms with van der Waals surface area (Å²) in [6.07, 6.45) is 0. The van der Waals surface area contributed by atoms with Crippen LogP contribution in [0.25, 0.3) is 0 Å². The molecule has 0 saturated carbocycles. The summed E-state index contributed by atoms with van der Waals surface area (Å²) in [7, 11) is 1.36. The van der Waals surface area contributed by atoms with Gasteiger partial charge in [-0.2, -0.15) is 0 Å². The lowest BCUT2D eigenvalue weighted by atomic mass is 9.98. The van der Waals surface area contributed by atoms with E-state index in [0.29, 0.717) is 6.54 Å². The van der Waals surface area contributed by atoms with E-state index in [-0.39, 0.29) is 17.2 Å². The lowest BCUT2D eigenvalue weighted by molar-refractivity contribution is -0.182. The Kier molecular flexibility index (Phi) is 4.17. The molecule has 0 aromatic rings. The fourth-order valence-corrected chi connectivity index (χ4v) is 2.58. The fraction of sp³-hybridized carbons (Fsp3) is 0.917. The Bertz CT molecular complexity index is 273. The summed E-state index contributed by atoms with van der Waals surface area (Å²) in [4.78, 5) is 13.5. The molecule has 100 valence electrons. The third-order valence-electron chi connectivity index (χ3n) is 2.72. The summed E-state index contributed by atoms with van der Waals surface area (Å²) in [6, 6.07) is -0.593. The Hall–Kier alpha value is -0.650. The largest absolute Gasteiger partial charge is 0.468 e. The molecule has 5 heteroatoms. The standard InChI is InChI=1S/C12H24N2O3/c1-11(2)7-14(8-12(3,4)17-11)6-9(13)10(15)16-5/h9H,6-8,13H2,1-5H3. The van der Waals surface area contributed by atoms with Crippen molar-refractivity contribution >= 4 is 5.97 Å². The average molecular weight is 244 g/mol. The van der Waals surface area contributed by atoms with Gasteiger partial charge in [0.05, 0.1) is 18.3 Å². The number of carbonyl (C=O) groups is 1. The summed E-state index contributed by atoms with van der Waals surface area (Å²) >= 11 is 0. The van der Waals surface area contributed by atoms with Crippen molar-refractivity contribution in [3.8, 4) is 0 Å². The third kappa shape index (κ3) is 4.26. The smallest absolute Gasteiger partial charge is 0.323 e. The number of nitrogens with zero attached hydrogens (tertiary/aromatic N) is 1. The molecule has 1 atom stereocenters. The number of morpholine rings is 1. The Balaban J connectivity index is 2.62. The van der Waals surface area contributed by atoms with Crippen LogP contribution in [0.3, 0.4) is 0 Å². The second-order valence-corrected chi connectivity index (χ2v) is 5.92. The maximum atomic E-state index is 11.3. The van der Waals surface area contributed by atoms with E-state index >= 15 is 0 Å². The van der Waals surface area contributed by atoms with Crippen LogP contribution in [-0.2, 0) is 14.3 Å². The van der Waals surface area contributed by atoms with Crippen molar-refractivity contribution in [3.05, 3.63) is 0 Å². The lowest BCUT2D eigenvalue weighted by Crippen LogP contribution is -2.59. The van der Waals surface area contributed by atoms with Crippen LogP contribution in [-0.4, -0.2) is 54.9 Å². The van der Waals surface area contributed by atoms with Crippen LogP contribution in [0.4, 0.5) is 0 Å². The number of carbonyl (C=O) groups excluding carboxylic acids is 1. The van der Waals surface area contributed by atoms with E-state index in [2.05, 4.69) is 9.64 Å². The van der Waals surface area contributed by atoms with E-state index in [4.69, 9.17) is 10.5 Å². The molecule has 1 rings (SSSR count). The van der Waals surface area contributed by atoms with Gasteiger partial charge in [-0.05, 0) is 27.7 Å². The van der Waals surface area contributed by atoms with E-state index in [1.165, 1.54) is 7.11 Å². The van der Waals surface area contributed by atoms with Gasteiger partial charge in [0.1, 0.15) is 6.04 Å². The number of hydrogen-bond acceptors (Lipinski definition) is 5. The van der Waals surface area contributed by atoms with Gasteiger partial charge < -0.3 is 15.2 Å². The first-order valence-corrected chi connectivity index (χ1v) is 5.91. The molecule has 5 nitrogen and oxygen atoms in total. The van der Waals surface area contributed by atoms with Crippen LogP contribution >= 0.6 is 0 Å². The minimum absolute atomic E-state index is 0.225. The van der Waals surface area contributed by atoms with Crippen molar-refractivity contribution in [1.29, 1.82) is 0 Å². The number of ether oxygens (including phenoxy) is 2. The highest BCUT2D eigenvalue weighted by molar-refractivity contribution is 5.75. The predicted molar refractivity (Wildman–Crippen MR) is 65.7 cm³/mol. The Morgan fingerprint density at radius 2 is 1.82 bits per heavy atom. The van der Waals surface area contributed by atoms with Crippen LogP contribution in [0, 0.1) is 0 Å². The number of hydrogen-bond donors (Lipinski definition) is 1. The van der Waals surface area contributed by atoms with Crippen LogP contribution in [0.1, 0.15) is 27.7 Å². The van der Waals surface area contributed by atoms with Gasteiger partial charge in [-0.3, -0.25) is 9.69 Å². The summed E-state index contributed by atoms with van der Waals surface area (Å²) in [5.41, 5.74) is 5.33. The van der Waals surface area contributed by atoms with Crippen molar-refractivity contribution in [2.45, 2.75) is 44.9 Å². The lowest BCUT2D eigenvalue weighted by Gasteiger charge is -2.47. The zero-order valence-corrected chi connectivity index (χ0v) is 11.4. The van der Waals surface area contributed by atoms with E-state index in [9.17, 15) is 4.79 Å². The van der Waals surface area contributed by atoms with Crippen LogP contribution in [0.15, 0.2) is 0 Å². The molecule has 1 fully saturated rings. The SMILES string of the molecule is COC(=O)C(N)CN1CC(C)(C)OC(C)(C)C1. The van der Waals surface area contributed by atoms with Gasteiger partial charge in [-0.25, -0.2) is 0 Å². The Morgan fingerprint density at radius 3 is 2.24 bits per heavy atom. The maximum Gasteiger partial charge on any atom is 0.323 e. The van der Waals surface area contributed by atoms with Gasteiger partial charge in [0.15, 0.2) is 0 Å². The molecule has 1 aliphatic heterocycles. The normalized spacial score (nSPS) is 25.3. The van der Waals surface area contributed by atoms with Crippen molar-refractivity contribution in [1.82, 2.24) is 4.90 Å². The molecular formula is C12H24N2O3. The second-order valence-electron chi connectivity index (χ2n) is 5.92. The molecule has 0 aliphatic carbocycles. The minimum Gasteiger partial charge on any atom is -0.468 e. The molecule has 2 N–H and O–H groups in total. The Labute approximate surface area is 103 Å². The van der Waals surface area contributed by atoms with Gasteiger partial charge >= 0.3 is 5.97 Å². The quantitative estimate of drug-likeness (QED) is 0.727. The molecular weight excluding hydrogens is 220 g/mol. The van der Waals surface area contributed by atoms with Gasteiger partial charge in [-0.15, -0.1) is 0 Å². The van der Waals surface area contributed by atoms with Crippen LogP contribution in [0.5, 0.6) is 0 Å². The van der Waals surface area contributed by atoms with E-state index in [0.717, 1.165) is 13.1 Å². The van der Waals surface area contributed by atoms with Crippen molar-refractivity contribution < 1.29 is 14.3 Å². The number of esters is 1. The topological polar surface area (TPSA) is 64.8 Å². The van der Waals surface area contributed by atoms with Gasteiger partial charge in [-0.1, -0.05) is 0 Å². The first-order chi connectivity index (χ1) is 7.65. The second kappa shape index (κ2) is 4.92. The number of nitrogens with two attached hydrogens (primary N) is 1. The molecule has 1 unspecified atom stereocenters. The molecule has 0 aromatic carbocycles. The highest BCUT2D eigenvalue weighted by Crippen LogP contribution is 2.27.